The molecular weight excluding hydrogens is 384 g/mol. The summed E-state index contributed by atoms with van der Waals surface area (Å²) in [6, 6.07) is 13.8. The van der Waals surface area contributed by atoms with Crippen LogP contribution in [0.15, 0.2) is 48.5 Å². The third-order valence-electron chi connectivity index (χ3n) is 5.32. The maximum atomic E-state index is 12.7. The molecule has 1 atom stereocenters. The Hall–Kier alpha value is -3.26. The van der Waals surface area contributed by atoms with Crippen LogP contribution >= 0.6 is 0 Å². The highest BCUT2D eigenvalue weighted by Crippen LogP contribution is 2.19. The molecule has 0 saturated carbocycles. The number of benzene rings is 2. The topological polar surface area (TPSA) is 95.8 Å². The Morgan fingerprint density at radius 1 is 1.10 bits per heavy atom. The minimum Gasteiger partial charge on any atom is -0.341 e. The van der Waals surface area contributed by atoms with E-state index < -0.39 is 16.9 Å². The van der Waals surface area contributed by atoms with Gasteiger partial charge in [-0.05, 0) is 25.5 Å². The lowest BCUT2D eigenvalue weighted by atomic mass is 10.1. The Labute approximate surface area is 175 Å². The van der Waals surface area contributed by atoms with Gasteiger partial charge in [0.25, 0.3) is 11.6 Å². The van der Waals surface area contributed by atoms with E-state index in [2.05, 4.69) is 22.3 Å². The molecule has 0 spiro atoms. The molecule has 8 nitrogen and oxygen atoms in total. The number of carbonyl (C=O) groups excluding carboxylic acids is 2. The van der Waals surface area contributed by atoms with E-state index >= 15 is 0 Å². The van der Waals surface area contributed by atoms with E-state index in [1.807, 2.05) is 18.2 Å². The van der Waals surface area contributed by atoms with Gasteiger partial charge in [0.1, 0.15) is 6.04 Å². The summed E-state index contributed by atoms with van der Waals surface area (Å²) in [5.41, 5.74) is 1.77. The van der Waals surface area contributed by atoms with E-state index in [4.69, 9.17) is 0 Å². The lowest BCUT2D eigenvalue weighted by molar-refractivity contribution is -0.385. The third kappa shape index (κ3) is 5.21. The van der Waals surface area contributed by atoms with Crippen molar-refractivity contribution in [2.45, 2.75) is 26.4 Å². The van der Waals surface area contributed by atoms with Crippen LogP contribution in [0.3, 0.4) is 0 Å². The minimum atomic E-state index is -0.710. The molecule has 1 N–H and O–H groups in total. The smallest absolute Gasteiger partial charge is 0.273 e. The van der Waals surface area contributed by atoms with E-state index in [-0.39, 0.29) is 17.2 Å². The molecule has 1 heterocycles. The number of piperazine rings is 1. The molecule has 0 bridgehead atoms. The second-order valence-corrected chi connectivity index (χ2v) is 7.54. The van der Waals surface area contributed by atoms with Crippen molar-refractivity contribution in [3.05, 3.63) is 75.3 Å². The van der Waals surface area contributed by atoms with Gasteiger partial charge in [0, 0.05) is 49.9 Å². The fourth-order valence-electron chi connectivity index (χ4n) is 3.53. The SMILES string of the molecule is Cc1ccc(C(=O)NC(C)C(=O)N2CCN(Cc3ccccc3)CC2)cc1[N+](=O)[O-]. The van der Waals surface area contributed by atoms with Crippen molar-refractivity contribution in [1.82, 2.24) is 15.1 Å². The summed E-state index contributed by atoms with van der Waals surface area (Å²) < 4.78 is 0. The zero-order chi connectivity index (χ0) is 21.7. The van der Waals surface area contributed by atoms with Crippen LogP contribution in [0.25, 0.3) is 0 Å². The lowest BCUT2D eigenvalue weighted by Gasteiger charge is -2.36. The summed E-state index contributed by atoms with van der Waals surface area (Å²) in [7, 11) is 0. The van der Waals surface area contributed by atoms with Crippen LogP contribution < -0.4 is 5.32 Å². The second-order valence-electron chi connectivity index (χ2n) is 7.54. The lowest BCUT2D eigenvalue weighted by Crippen LogP contribution is -2.53. The maximum absolute atomic E-state index is 12.7. The molecule has 0 radical (unpaired) electrons. The molecule has 158 valence electrons. The molecule has 1 aliphatic rings. The van der Waals surface area contributed by atoms with Crippen LogP contribution in [0, 0.1) is 17.0 Å². The summed E-state index contributed by atoms with van der Waals surface area (Å²) in [6.07, 6.45) is 0. The van der Waals surface area contributed by atoms with E-state index in [0.29, 0.717) is 18.7 Å². The summed E-state index contributed by atoms with van der Waals surface area (Å²) in [4.78, 5) is 39.8. The molecule has 3 rings (SSSR count). The van der Waals surface area contributed by atoms with Gasteiger partial charge in [-0.25, -0.2) is 0 Å². The number of amides is 2. The summed E-state index contributed by atoms with van der Waals surface area (Å²) >= 11 is 0. The summed E-state index contributed by atoms with van der Waals surface area (Å²) in [6.45, 7) is 6.84. The van der Waals surface area contributed by atoms with Crippen molar-refractivity contribution in [2.75, 3.05) is 26.2 Å². The molecule has 1 fully saturated rings. The zero-order valence-corrected chi connectivity index (χ0v) is 17.2. The van der Waals surface area contributed by atoms with E-state index in [0.717, 1.165) is 19.6 Å². The fraction of sp³-hybridized carbons (Fsp3) is 0.364. The molecule has 1 aliphatic heterocycles. The molecule has 2 aromatic rings. The molecule has 2 amide bonds. The van der Waals surface area contributed by atoms with Crippen LogP contribution in [-0.4, -0.2) is 58.8 Å². The van der Waals surface area contributed by atoms with Gasteiger partial charge >= 0.3 is 0 Å². The van der Waals surface area contributed by atoms with Crippen molar-refractivity contribution in [3.63, 3.8) is 0 Å². The maximum Gasteiger partial charge on any atom is 0.273 e. The van der Waals surface area contributed by atoms with Crippen LogP contribution in [0.5, 0.6) is 0 Å². The van der Waals surface area contributed by atoms with Crippen molar-refractivity contribution < 1.29 is 14.5 Å². The van der Waals surface area contributed by atoms with Crippen molar-refractivity contribution in [1.29, 1.82) is 0 Å². The highest BCUT2D eigenvalue weighted by molar-refractivity contribution is 5.98. The monoisotopic (exact) mass is 410 g/mol. The van der Waals surface area contributed by atoms with Crippen LogP contribution in [0.4, 0.5) is 5.69 Å². The molecule has 30 heavy (non-hydrogen) atoms. The van der Waals surface area contributed by atoms with Gasteiger partial charge in [-0.15, -0.1) is 0 Å². The number of nitrogens with zero attached hydrogens (tertiary/aromatic N) is 3. The first-order valence-corrected chi connectivity index (χ1v) is 9.96. The second kappa shape index (κ2) is 9.49. The normalized spacial score (nSPS) is 15.5. The predicted octanol–water partition coefficient (Wildman–Crippen LogP) is 2.37. The standard InChI is InChI=1S/C22H26N4O4/c1-16-8-9-19(14-20(16)26(29)30)21(27)23-17(2)22(28)25-12-10-24(11-13-25)15-18-6-4-3-5-7-18/h3-9,14,17H,10-13,15H2,1-2H3,(H,23,27). The summed E-state index contributed by atoms with van der Waals surface area (Å²) in [5, 5.41) is 13.7. The number of aryl methyl sites for hydroxylation is 1. The van der Waals surface area contributed by atoms with Crippen molar-refractivity contribution >= 4 is 17.5 Å². The average molecular weight is 410 g/mol. The first kappa shape index (κ1) is 21.4. The van der Waals surface area contributed by atoms with Crippen LogP contribution in [0.1, 0.15) is 28.4 Å². The highest BCUT2D eigenvalue weighted by Gasteiger charge is 2.26. The Balaban J connectivity index is 1.53. The quantitative estimate of drug-likeness (QED) is 0.583. The van der Waals surface area contributed by atoms with Crippen molar-refractivity contribution in [3.8, 4) is 0 Å². The number of rotatable bonds is 6. The fourth-order valence-corrected chi connectivity index (χ4v) is 3.53. The molecule has 0 aliphatic carbocycles. The first-order valence-electron chi connectivity index (χ1n) is 9.96. The van der Waals surface area contributed by atoms with E-state index in [1.165, 1.54) is 23.8 Å². The largest absolute Gasteiger partial charge is 0.341 e. The number of hydrogen-bond acceptors (Lipinski definition) is 5. The molecule has 1 unspecified atom stereocenters. The number of nitro benzene ring substituents is 1. The Kier molecular flexibility index (Phi) is 6.79. The average Bonchev–Trinajstić information content (AvgIpc) is 2.74. The Morgan fingerprint density at radius 2 is 1.77 bits per heavy atom. The zero-order valence-electron chi connectivity index (χ0n) is 17.2. The van der Waals surface area contributed by atoms with Gasteiger partial charge in [-0.1, -0.05) is 36.4 Å². The predicted molar refractivity (Wildman–Crippen MR) is 113 cm³/mol. The van der Waals surface area contributed by atoms with Crippen LogP contribution in [0.2, 0.25) is 0 Å². The number of nitrogens with one attached hydrogen (secondary N) is 1. The number of carbonyl (C=O) groups is 2. The van der Waals surface area contributed by atoms with Gasteiger partial charge in [0.15, 0.2) is 0 Å². The van der Waals surface area contributed by atoms with E-state index in [1.54, 1.807) is 18.7 Å². The van der Waals surface area contributed by atoms with Crippen LogP contribution in [-0.2, 0) is 11.3 Å². The molecule has 8 heteroatoms. The van der Waals surface area contributed by atoms with Gasteiger partial charge in [-0.3, -0.25) is 24.6 Å². The Bertz CT molecular complexity index is 924. The van der Waals surface area contributed by atoms with Gasteiger partial charge in [0.05, 0.1) is 4.92 Å². The molecular formula is C22H26N4O4. The summed E-state index contributed by atoms with van der Waals surface area (Å²) in [5.74, 6) is -0.647. The third-order valence-corrected chi connectivity index (χ3v) is 5.32. The first-order chi connectivity index (χ1) is 14.3. The van der Waals surface area contributed by atoms with E-state index in [9.17, 15) is 19.7 Å². The Morgan fingerprint density at radius 3 is 2.40 bits per heavy atom. The van der Waals surface area contributed by atoms with Crippen molar-refractivity contribution in [2.24, 2.45) is 0 Å². The molecule has 0 aromatic heterocycles. The molecule has 1 saturated heterocycles. The van der Waals surface area contributed by atoms with Gasteiger partial charge < -0.3 is 10.2 Å². The molecule has 2 aromatic carbocycles. The van der Waals surface area contributed by atoms with Gasteiger partial charge in [-0.2, -0.15) is 0 Å². The minimum absolute atomic E-state index is 0.115. The highest BCUT2D eigenvalue weighted by atomic mass is 16.6. The van der Waals surface area contributed by atoms with Gasteiger partial charge in [0.2, 0.25) is 5.91 Å². The number of nitro groups is 1. The number of hydrogen-bond donors (Lipinski definition) is 1.